The molecule has 8 nitrogen and oxygen atoms in total. The van der Waals surface area contributed by atoms with Crippen LogP contribution >= 0.6 is 0 Å². The lowest BCUT2D eigenvalue weighted by Crippen LogP contribution is -2.24. The molecule has 8 heteroatoms. The van der Waals surface area contributed by atoms with Crippen molar-refractivity contribution in [3.05, 3.63) is 63.7 Å². The first-order chi connectivity index (χ1) is 12.9. The molecule has 0 unspecified atom stereocenters. The molecule has 2 aromatic rings. The summed E-state index contributed by atoms with van der Waals surface area (Å²) in [4.78, 5) is 35.1. The number of esters is 1. The van der Waals surface area contributed by atoms with E-state index in [0.717, 1.165) is 6.07 Å². The molecule has 0 fully saturated rings. The molecule has 0 aromatic heterocycles. The topological polar surface area (TPSA) is 105 Å². The average molecular weight is 373 g/mol. The minimum atomic E-state index is -1.08. The van der Waals surface area contributed by atoms with Gasteiger partial charge in [-0.2, -0.15) is 0 Å². The van der Waals surface area contributed by atoms with E-state index in [1.165, 1.54) is 26.2 Å². The molecule has 0 N–H and O–H groups in total. The molecule has 0 saturated carbocycles. The van der Waals surface area contributed by atoms with Gasteiger partial charge in [0.15, 0.2) is 6.10 Å². The number of ketones is 1. The van der Waals surface area contributed by atoms with Crippen LogP contribution in [-0.2, 0) is 4.74 Å². The van der Waals surface area contributed by atoms with E-state index < -0.39 is 22.8 Å². The summed E-state index contributed by atoms with van der Waals surface area (Å²) >= 11 is 0. The summed E-state index contributed by atoms with van der Waals surface area (Å²) in [6.07, 6.45) is -1.08. The fourth-order valence-corrected chi connectivity index (χ4v) is 2.36. The Morgan fingerprint density at radius 1 is 1.15 bits per heavy atom. The van der Waals surface area contributed by atoms with E-state index in [-0.39, 0.29) is 17.0 Å². The van der Waals surface area contributed by atoms with Crippen molar-refractivity contribution in [2.24, 2.45) is 0 Å². The molecule has 0 aliphatic carbocycles. The van der Waals surface area contributed by atoms with Crippen molar-refractivity contribution >= 4 is 17.4 Å². The Labute approximate surface area is 155 Å². The van der Waals surface area contributed by atoms with Gasteiger partial charge < -0.3 is 14.2 Å². The number of nitrogens with zero attached hydrogens (tertiary/aromatic N) is 1. The molecular formula is C19H19NO7. The van der Waals surface area contributed by atoms with Crippen LogP contribution in [0.1, 0.15) is 34.6 Å². The number of nitro benzene ring substituents is 1. The molecule has 0 saturated heterocycles. The van der Waals surface area contributed by atoms with Crippen LogP contribution in [0, 0.1) is 10.1 Å². The predicted octanol–water partition coefficient (Wildman–Crippen LogP) is 3.43. The highest BCUT2D eigenvalue weighted by atomic mass is 16.6. The number of methoxy groups -OCH3 is 1. The highest BCUT2D eigenvalue weighted by Crippen LogP contribution is 2.25. The maximum atomic E-state index is 12.5. The second-order valence-electron chi connectivity index (χ2n) is 5.51. The third-order valence-corrected chi connectivity index (χ3v) is 3.72. The van der Waals surface area contributed by atoms with E-state index in [1.807, 2.05) is 6.92 Å². The number of hydrogen-bond donors (Lipinski definition) is 0. The van der Waals surface area contributed by atoms with Gasteiger partial charge in [0.1, 0.15) is 17.1 Å². The Hall–Kier alpha value is -3.42. The van der Waals surface area contributed by atoms with Gasteiger partial charge in [0.05, 0.1) is 18.6 Å². The zero-order valence-electron chi connectivity index (χ0n) is 15.1. The van der Waals surface area contributed by atoms with Crippen LogP contribution in [0.5, 0.6) is 11.5 Å². The van der Waals surface area contributed by atoms with Crippen molar-refractivity contribution in [1.29, 1.82) is 0 Å². The summed E-state index contributed by atoms with van der Waals surface area (Å²) in [7, 11) is 1.33. The SMILES string of the molecule is CCOc1ccc(C(=O)[C@@H](C)OC(=O)c2cc([N+](=O)[O-])ccc2OC)cc1. The van der Waals surface area contributed by atoms with Crippen molar-refractivity contribution in [3.63, 3.8) is 0 Å². The first-order valence-corrected chi connectivity index (χ1v) is 8.17. The van der Waals surface area contributed by atoms with Crippen molar-refractivity contribution < 1.29 is 28.7 Å². The third-order valence-electron chi connectivity index (χ3n) is 3.72. The minimum Gasteiger partial charge on any atom is -0.496 e. The molecule has 0 spiro atoms. The average Bonchev–Trinajstić information content (AvgIpc) is 2.67. The molecule has 0 aliphatic heterocycles. The quantitative estimate of drug-likeness (QED) is 0.302. The zero-order valence-corrected chi connectivity index (χ0v) is 15.1. The minimum absolute atomic E-state index is 0.117. The number of nitro groups is 1. The van der Waals surface area contributed by atoms with Gasteiger partial charge in [-0.3, -0.25) is 14.9 Å². The van der Waals surface area contributed by atoms with Gasteiger partial charge in [-0.25, -0.2) is 4.79 Å². The number of Topliss-reactive ketones (excluding diaryl/α,β-unsaturated/α-hetero) is 1. The molecule has 1 atom stereocenters. The lowest BCUT2D eigenvalue weighted by atomic mass is 10.1. The number of carbonyl (C=O) groups is 2. The second-order valence-corrected chi connectivity index (χ2v) is 5.51. The van der Waals surface area contributed by atoms with Gasteiger partial charge in [-0.15, -0.1) is 0 Å². The molecule has 0 heterocycles. The van der Waals surface area contributed by atoms with Gasteiger partial charge in [0, 0.05) is 17.7 Å². The monoisotopic (exact) mass is 373 g/mol. The number of rotatable bonds is 8. The molecule has 142 valence electrons. The van der Waals surface area contributed by atoms with Gasteiger partial charge in [0.25, 0.3) is 5.69 Å². The van der Waals surface area contributed by atoms with Crippen LogP contribution in [0.4, 0.5) is 5.69 Å². The molecule has 0 radical (unpaired) electrons. The van der Waals surface area contributed by atoms with Crippen LogP contribution < -0.4 is 9.47 Å². The summed E-state index contributed by atoms with van der Waals surface area (Å²) < 4.78 is 15.5. The molecular weight excluding hydrogens is 354 g/mol. The lowest BCUT2D eigenvalue weighted by Gasteiger charge is -2.14. The van der Waals surface area contributed by atoms with Crippen LogP contribution in [0.15, 0.2) is 42.5 Å². The van der Waals surface area contributed by atoms with E-state index in [0.29, 0.717) is 17.9 Å². The van der Waals surface area contributed by atoms with Crippen molar-refractivity contribution in [2.75, 3.05) is 13.7 Å². The molecule has 2 rings (SSSR count). The van der Waals surface area contributed by atoms with Crippen molar-refractivity contribution in [2.45, 2.75) is 20.0 Å². The normalized spacial score (nSPS) is 11.4. The predicted molar refractivity (Wildman–Crippen MR) is 96.5 cm³/mol. The summed E-state index contributed by atoms with van der Waals surface area (Å²) in [5.74, 6) is -0.551. The highest BCUT2D eigenvalue weighted by Gasteiger charge is 2.24. The summed E-state index contributed by atoms with van der Waals surface area (Å²) in [6, 6.07) is 10.0. The summed E-state index contributed by atoms with van der Waals surface area (Å²) in [5.41, 5.74) is -0.0592. The Balaban J connectivity index is 2.15. The van der Waals surface area contributed by atoms with Crippen LogP contribution in [0.25, 0.3) is 0 Å². The zero-order chi connectivity index (χ0) is 20.0. The highest BCUT2D eigenvalue weighted by molar-refractivity contribution is 6.02. The molecule has 0 bridgehead atoms. The first kappa shape index (κ1) is 19.9. The number of ether oxygens (including phenoxy) is 3. The Kier molecular flexibility index (Phi) is 6.48. The van der Waals surface area contributed by atoms with Gasteiger partial charge >= 0.3 is 5.97 Å². The number of benzene rings is 2. The largest absolute Gasteiger partial charge is 0.496 e. The van der Waals surface area contributed by atoms with E-state index in [1.54, 1.807) is 24.3 Å². The van der Waals surface area contributed by atoms with E-state index in [2.05, 4.69) is 0 Å². The van der Waals surface area contributed by atoms with Gasteiger partial charge in [-0.05, 0) is 44.2 Å². The smallest absolute Gasteiger partial charge is 0.342 e. The molecule has 0 aliphatic rings. The standard InChI is InChI=1S/C19H19NO7/c1-4-26-15-8-5-13(6-9-15)18(21)12(2)27-19(22)16-11-14(20(23)24)7-10-17(16)25-3/h5-12H,4H2,1-3H3/t12-/m1/s1. The fraction of sp³-hybridized carbons (Fsp3) is 0.263. The van der Waals surface area contributed by atoms with E-state index in [4.69, 9.17) is 14.2 Å². The van der Waals surface area contributed by atoms with Crippen molar-refractivity contribution in [1.82, 2.24) is 0 Å². The van der Waals surface area contributed by atoms with Gasteiger partial charge in [-0.1, -0.05) is 0 Å². The van der Waals surface area contributed by atoms with Crippen LogP contribution in [0.2, 0.25) is 0 Å². The molecule has 0 amide bonds. The lowest BCUT2D eigenvalue weighted by molar-refractivity contribution is -0.384. The number of carbonyl (C=O) groups excluding carboxylic acids is 2. The first-order valence-electron chi connectivity index (χ1n) is 8.17. The van der Waals surface area contributed by atoms with Crippen molar-refractivity contribution in [3.8, 4) is 11.5 Å². The van der Waals surface area contributed by atoms with Crippen LogP contribution in [-0.4, -0.2) is 36.5 Å². The summed E-state index contributed by atoms with van der Waals surface area (Å²) in [6.45, 7) is 3.79. The molecule has 27 heavy (non-hydrogen) atoms. The summed E-state index contributed by atoms with van der Waals surface area (Å²) in [5, 5.41) is 10.9. The Morgan fingerprint density at radius 3 is 2.37 bits per heavy atom. The maximum Gasteiger partial charge on any atom is 0.342 e. The maximum absolute atomic E-state index is 12.5. The Morgan fingerprint density at radius 2 is 1.81 bits per heavy atom. The second kappa shape index (κ2) is 8.79. The Bertz CT molecular complexity index is 846. The fourth-order valence-electron chi connectivity index (χ4n) is 2.36. The van der Waals surface area contributed by atoms with E-state index in [9.17, 15) is 19.7 Å². The number of hydrogen-bond acceptors (Lipinski definition) is 7. The molecule has 2 aromatic carbocycles. The number of non-ortho nitro benzene ring substituents is 1. The van der Waals surface area contributed by atoms with Gasteiger partial charge in [0.2, 0.25) is 5.78 Å². The van der Waals surface area contributed by atoms with E-state index >= 15 is 0 Å². The van der Waals surface area contributed by atoms with Crippen LogP contribution in [0.3, 0.4) is 0 Å². The third kappa shape index (κ3) is 4.81.